The Morgan fingerprint density at radius 3 is 2.48 bits per heavy atom. The first kappa shape index (κ1) is 18.7. The number of halogens is 1. The predicted molar refractivity (Wildman–Crippen MR) is 101 cm³/mol. The lowest BCUT2D eigenvalue weighted by molar-refractivity contribution is -0.148. The lowest BCUT2D eigenvalue weighted by atomic mass is 10.1. The second-order valence-corrected chi connectivity index (χ2v) is 6.13. The molecule has 1 atom stereocenters. The van der Waals surface area contributed by atoms with E-state index in [0.717, 1.165) is 16.7 Å². The van der Waals surface area contributed by atoms with E-state index in [1.54, 1.807) is 31.2 Å². The molecule has 0 radical (unpaired) electrons. The van der Waals surface area contributed by atoms with Crippen molar-refractivity contribution in [2.75, 3.05) is 5.32 Å². The molecule has 0 aliphatic carbocycles. The fourth-order valence-electron chi connectivity index (χ4n) is 2.09. The van der Waals surface area contributed by atoms with Crippen LogP contribution in [-0.4, -0.2) is 18.0 Å². The van der Waals surface area contributed by atoms with Gasteiger partial charge in [-0.2, -0.15) is 0 Å². The third kappa shape index (κ3) is 5.47. The van der Waals surface area contributed by atoms with Crippen LogP contribution in [0.4, 0.5) is 5.69 Å². The van der Waals surface area contributed by atoms with Crippen molar-refractivity contribution < 1.29 is 14.3 Å². The molecular weight excluding hydrogens is 338 g/mol. The Bertz CT molecular complexity index is 797. The van der Waals surface area contributed by atoms with Crippen LogP contribution in [0.5, 0.6) is 0 Å². The number of hydrogen-bond donors (Lipinski definition) is 1. The number of esters is 1. The van der Waals surface area contributed by atoms with Gasteiger partial charge in [0.15, 0.2) is 6.10 Å². The molecule has 1 amide bonds. The summed E-state index contributed by atoms with van der Waals surface area (Å²) in [6, 6.07) is 12.9. The van der Waals surface area contributed by atoms with Gasteiger partial charge in [-0.15, -0.1) is 0 Å². The minimum Gasteiger partial charge on any atom is -0.449 e. The third-order valence-corrected chi connectivity index (χ3v) is 4.09. The molecule has 0 saturated heterocycles. The Kier molecular flexibility index (Phi) is 6.37. The first-order chi connectivity index (χ1) is 11.9. The van der Waals surface area contributed by atoms with E-state index in [1.165, 1.54) is 13.0 Å². The van der Waals surface area contributed by atoms with E-state index in [9.17, 15) is 9.59 Å². The quantitative estimate of drug-likeness (QED) is 0.631. The zero-order valence-corrected chi connectivity index (χ0v) is 15.1. The van der Waals surface area contributed by atoms with Gasteiger partial charge in [0.1, 0.15) is 0 Å². The van der Waals surface area contributed by atoms with E-state index in [1.807, 2.05) is 31.2 Å². The lowest BCUT2D eigenvalue weighted by Crippen LogP contribution is -2.29. The van der Waals surface area contributed by atoms with Crippen molar-refractivity contribution in [1.29, 1.82) is 0 Å². The highest BCUT2D eigenvalue weighted by molar-refractivity contribution is 6.31. The zero-order valence-electron chi connectivity index (χ0n) is 14.4. The third-order valence-electron chi connectivity index (χ3n) is 3.68. The van der Waals surface area contributed by atoms with Gasteiger partial charge < -0.3 is 10.1 Å². The van der Waals surface area contributed by atoms with E-state index in [4.69, 9.17) is 16.3 Å². The Morgan fingerprint density at radius 1 is 1.12 bits per heavy atom. The van der Waals surface area contributed by atoms with Crippen LogP contribution in [0.3, 0.4) is 0 Å². The Morgan fingerprint density at radius 2 is 1.80 bits per heavy atom. The molecule has 0 aliphatic rings. The summed E-state index contributed by atoms with van der Waals surface area (Å²) in [7, 11) is 0. The van der Waals surface area contributed by atoms with Crippen molar-refractivity contribution in [1.82, 2.24) is 0 Å². The number of ether oxygens (including phenoxy) is 1. The highest BCUT2D eigenvalue weighted by Crippen LogP contribution is 2.23. The number of anilines is 1. The van der Waals surface area contributed by atoms with Crippen LogP contribution in [0, 0.1) is 13.8 Å². The van der Waals surface area contributed by atoms with Gasteiger partial charge in [-0.3, -0.25) is 4.79 Å². The molecule has 130 valence electrons. The minimum atomic E-state index is -0.923. The van der Waals surface area contributed by atoms with E-state index in [-0.39, 0.29) is 0 Å². The molecule has 0 unspecified atom stereocenters. The minimum absolute atomic E-state index is 0.414. The van der Waals surface area contributed by atoms with Crippen LogP contribution >= 0.6 is 11.6 Å². The van der Waals surface area contributed by atoms with Gasteiger partial charge in [0.05, 0.1) is 0 Å². The molecule has 0 bridgehead atoms. The summed E-state index contributed by atoms with van der Waals surface area (Å²) in [6.07, 6.45) is 2.03. The number of carbonyl (C=O) groups excluding carboxylic acids is 2. The molecule has 5 heteroatoms. The Balaban J connectivity index is 1.92. The largest absolute Gasteiger partial charge is 0.449 e. The van der Waals surface area contributed by atoms with Crippen molar-refractivity contribution in [3.63, 3.8) is 0 Å². The number of carbonyl (C=O) groups is 2. The molecule has 2 rings (SSSR count). The summed E-state index contributed by atoms with van der Waals surface area (Å²) >= 11 is 6.02. The molecule has 0 fully saturated rings. The van der Waals surface area contributed by atoms with E-state index >= 15 is 0 Å². The van der Waals surface area contributed by atoms with Crippen LogP contribution < -0.4 is 5.32 Å². The van der Waals surface area contributed by atoms with Crippen LogP contribution in [0.25, 0.3) is 6.08 Å². The number of hydrogen-bond acceptors (Lipinski definition) is 3. The maximum atomic E-state index is 12.2. The van der Waals surface area contributed by atoms with Gasteiger partial charge in [0.25, 0.3) is 5.91 Å². The molecule has 2 aromatic carbocycles. The van der Waals surface area contributed by atoms with Gasteiger partial charge in [0.2, 0.25) is 0 Å². The first-order valence-electron chi connectivity index (χ1n) is 7.88. The van der Waals surface area contributed by atoms with Gasteiger partial charge in [0, 0.05) is 16.8 Å². The topological polar surface area (TPSA) is 55.4 Å². The van der Waals surface area contributed by atoms with Gasteiger partial charge in [-0.05, 0) is 50.1 Å². The van der Waals surface area contributed by atoms with Crippen molar-refractivity contribution in [2.24, 2.45) is 0 Å². The second-order valence-electron chi connectivity index (χ2n) is 5.72. The van der Waals surface area contributed by atoms with Crippen molar-refractivity contribution in [3.05, 3.63) is 70.3 Å². The number of rotatable bonds is 5. The maximum absolute atomic E-state index is 12.2. The summed E-state index contributed by atoms with van der Waals surface area (Å²) in [5.41, 5.74) is 3.38. The lowest BCUT2D eigenvalue weighted by Gasteiger charge is -2.14. The summed E-state index contributed by atoms with van der Waals surface area (Å²) in [4.78, 5) is 24.0. The molecule has 1 N–H and O–H groups in total. The monoisotopic (exact) mass is 357 g/mol. The molecule has 25 heavy (non-hydrogen) atoms. The second kappa shape index (κ2) is 8.49. The van der Waals surface area contributed by atoms with Crippen molar-refractivity contribution in [3.8, 4) is 0 Å². The molecule has 0 spiro atoms. The van der Waals surface area contributed by atoms with Gasteiger partial charge in [-0.1, -0.05) is 47.5 Å². The van der Waals surface area contributed by atoms with E-state index < -0.39 is 18.0 Å². The molecule has 0 saturated carbocycles. The smallest absolute Gasteiger partial charge is 0.331 e. The molecule has 0 aromatic heterocycles. The fraction of sp³-hybridized carbons (Fsp3) is 0.200. The van der Waals surface area contributed by atoms with E-state index in [0.29, 0.717) is 10.7 Å². The molecular formula is C20H20ClNO3. The highest BCUT2D eigenvalue weighted by Gasteiger charge is 2.17. The van der Waals surface area contributed by atoms with Gasteiger partial charge in [-0.25, -0.2) is 4.79 Å². The molecule has 0 aliphatic heterocycles. The Hall–Kier alpha value is -2.59. The number of benzene rings is 2. The maximum Gasteiger partial charge on any atom is 0.331 e. The Labute approximate surface area is 152 Å². The first-order valence-corrected chi connectivity index (χ1v) is 8.26. The fourth-order valence-corrected chi connectivity index (χ4v) is 2.26. The molecule has 0 heterocycles. The van der Waals surface area contributed by atoms with E-state index in [2.05, 4.69) is 5.32 Å². The normalized spacial score (nSPS) is 12.0. The molecule has 4 nitrogen and oxygen atoms in total. The average Bonchev–Trinajstić information content (AvgIpc) is 2.58. The SMILES string of the molecule is Cc1ccc(/C=C/C(=O)O[C@H](C)C(=O)Nc2cccc(Cl)c2C)cc1. The standard InChI is InChI=1S/C20H20ClNO3/c1-13-7-9-16(10-8-13)11-12-19(23)25-15(3)20(24)22-18-6-4-5-17(21)14(18)2/h4-12,15H,1-3H3,(H,22,24)/b12-11+/t15-/m1/s1. The number of nitrogens with one attached hydrogen (secondary N) is 1. The zero-order chi connectivity index (χ0) is 18.4. The average molecular weight is 358 g/mol. The highest BCUT2D eigenvalue weighted by atomic mass is 35.5. The van der Waals surface area contributed by atoms with Crippen molar-refractivity contribution in [2.45, 2.75) is 26.9 Å². The summed E-state index contributed by atoms with van der Waals surface area (Å²) in [5, 5.41) is 3.27. The van der Waals surface area contributed by atoms with Gasteiger partial charge >= 0.3 is 5.97 Å². The molecule has 2 aromatic rings. The predicted octanol–water partition coefficient (Wildman–Crippen LogP) is 4.54. The van der Waals surface area contributed by atoms with Crippen LogP contribution in [0.1, 0.15) is 23.6 Å². The van der Waals surface area contributed by atoms with Crippen LogP contribution in [0.2, 0.25) is 5.02 Å². The summed E-state index contributed by atoms with van der Waals surface area (Å²) < 4.78 is 5.13. The van der Waals surface area contributed by atoms with Crippen LogP contribution in [-0.2, 0) is 14.3 Å². The van der Waals surface area contributed by atoms with Crippen molar-refractivity contribution >= 4 is 35.2 Å². The number of aryl methyl sites for hydroxylation is 1. The number of amides is 1. The summed E-state index contributed by atoms with van der Waals surface area (Å²) in [5.74, 6) is -0.992. The summed E-state index contributed by atoms with van der Waals surface area (Å²) in [6.45, 7) is 5.31. The van der Waals surface area contributed by atoms with Crippen LogP contribution in [0.15, 0.2) is 48.5 Å².